The van der Waals surface area contributed by atoms with E-state index in [2.05, 4.69) is 0 Å². The summed E-state index contributed by atoms with van der Waals surface area (Å²) < 4.78 is 62.7. The number of rotatable bonds is 6. The van der Waals surface area contributed by atoms with Crippen molar-refractivity contribution in [2.24, 2.45) is 5.92 Å². The number of carbonyl (C=O) groups excluding carboxylic acids is 1. The number of likely N-dealkylation sites (tertiary alicyclic amines) is 1. The highest BCUT2D eigenvalue weighted by Gasteiger charge is 2.49. The molecule has 0 bridgehead atoms. The molecule has 0 aromatic heterocycles. The van der Waals surface area contributed by atoms with Gasteiger partial charge in [0.05, 0.1) is 36.4 Å². The molecule has 1 aromatic carbocycles. The van der Waals surface area contributed by atoms with Crippen molar-refractivity contribution in [1.82, 2.24) is 4.90 Å². The van der Waals surface area contributed by atoms with Crippen molar-refractivity contribution >= 4 is 25.6 Å². The maximum absolute atomic E-state index is 13.6. The van der Waals surface area contributed by atoms with Crippen molar-refractivity contribution in [1.29, 1.82) is 0 Å². The lowest BCUT2D eigenvalue weighted by atomic mass is 9.95. The SMILES string of the molecule is CCOC(=O)C1CCN([C@H]2CS(=O)(=O)C[C@@H]2S(=O)(=O)c2cc(C)c(C)cc2OC)CC1. The molecular formula is C21H31NO7S2. The first-order chi connectivity index (χ1) is 14.5. The molecule has 0 radical (unpaired) electrons. The molecular weight excluding hydrogens is 442 g/mol. The van der Waals surface area contributed by atoms with Crippen LogP contribution in [0, 0.1) is 19.8 Å². The van der Waals surface area contributed by atoms with E-state index in [-0.39, 0.29) is 28.3 Å². The minimum atomic E-state index is -3.97. The van der Waals surface area contributed by atoms with Gasteiger partial charge in [0.1, 0.15) is 10.6 Å². The van der Waals surface area contributed by atoms with Crippen LogP contribution < -0.4 is 4.74 Å². The van der Waals surface area contributed by atoms with E-state index in [0.717, 1.165) is 11.1 Å². The molecule has 8 nitrogen and oxygen atoms in total. The van der Waals surface area contributed by atoms with Gasteiger partial charge in [0.2, 0.25) is 0 Å². The lowest BCUT2D eigenvalue weighted by Crippen LogP contribution is -2.50. The molecule has 0 amide bonds. The molecule has 2 heterocycles. The summed E-state index contributed by atoms with van der Waals surface area (Å²) >= 11 is 0. The standard InChI is InChI=1S/C21H31NO7S2/c1-5-29-21(23)16-6-8-22(9-7-16)17-12-30(24,25)13-20(17)31(26,27)19-11-15(3)14(2)10-18(19)28-4/h10-11,16-17,20H,5-9,12-13H2,1-4H3/t17-,20-/m0/s1. The minimum absolute atomic E-state index is 0.0339. The fraction of sp³-hybridized carbons (Fsp3) is 0.667. The highest BCUT2D eigenvalue weighted by Crippen LogP contribution is 2.36. The van der Waals surface area contributed by atoms with Gasteiger partial charge in [-0.3, -0.25) is 9.69 Å². The summed E-state index contributed by atoms with van der Waals surface area (Å²) in [6.07, 6.45) is 1.05. The Bertz CT molecular complexity index is 1040. The molecule has 0 saturated carbocycles. The van der Waals surface area contributed by atoms with Crippen molar-refractivity contribution in [3.63, 3.8) is 0 Å². The predicted molar refractivity (Wildman–Crippen MR) is 117 cm³/mol. The number of hydrogen-bond acceptors (Lipinski definition) is 8. The number of sulfone groups is 2. The highest BCUT2D eigenvalue weighted by molar-refractivity contribution is 7.96. The van der Waals surface area contributed by atoms with E-state index >= 15 is 0 Å². The lowest BCUT2D eigenvalue weighted by Gasteiger charge is -2.37. The van der Waals surface area contributed by atoms with Gasteiger partial charge in [-0.25, -0.2) is 16.8 Å². The number of aryl methyl sites for hydroxylation is 2. The fourth-order valence-corrected chi connectivity index (χ4v) is 9.52. The van der Waals surface area contributed by atoms with E-state index in [1.165, 1.54) is 7.11 Å². The second kappa shape index (κ2) is 9.07. The topological polar surface area (TPSA) is 107 Å². The monoisotopic (exact) mass is 473 g/mol. The van der Waals surface area contributed by atoms with Crippen LogP contribution >= 0.6 is 0 Å². The molecule has 0 spiro atoms. The Labute approximate surface area is 184 Å². The number of benzene rings is 1. The van der Waals surface area contributed by atoms with Crippen LogP contribution in [0.15, 0.2) is 17.0 Å². The van der Waals surface area contributed by atoms with Gasteiger partial charge in [-0.1, -0.05) is 0 Å². The Morgan fingerprint density at radius 1 is 1.13 bits per heavy atom. The normalized spacial score (nSPS) is 24.8. The zero-order valence-electron chi connectivity index (χ0n) is 18.5. The van der Waals surface area contributed by atoms with Gasteiger partial charge in [-0.2, -0.15) is 0 Å². The van der Waals surface area contributed by atoms with Crippen molar-refractivity contribution < 1.29 is 31.1 Å². The zero-order valence-corrected chi connectivity index (χ0v) is 20.1. The average Bonchev–Trinajstić information content (AvgIpc) is 3.06. The van der Waals surface area contributed by atoms with Crippen LogP contribution in [-0.4, -0.2) is 77.3 Å². The molecule has 2 aliphatic rings. The van der Waals surface area contributed by atoms with E-state index in [1.807, 2.05) is 18.7 Å². The van der Waals surface area contributed by atoms with Gasteiger partial charge < -0.3 is 9.47 Å². The number of methoxy groups -OCH3 is 1. The number of nitrogens with zero attached hydrogens (tertiary/aromatic N) is 1. The largest absolute Gasteiger partial charge is 0.495 e. The molecule has 174 valence electrons. The summed E-state index contributed by atoms with van der Waals surface area (Å²) in [6, 6.07) is 2.59. The molecule has 31 heavy (non-hydrogen) atoms. The summed E-state index contributed by atoms with van der Waals surface area (Å²) in [4.78, 5) is 14.0. The summed E-state index contributed by atoms with van der Waals surface area (Å²) in [7, 11) is -6.07. The smallest absolute Gasteiger partial charge is 0.309 e. The quantitative estimate of drug-likeness (QED) is 0.573. The second-order valence-electron chi connectivity index (χ2n) is 8.38. The molecule has 2 saturated heterocycles. The molecule has 2 atom stereocenters. The molecule has 0 N–H and O–H groups in total. The summed E-state index contributed by atoms with van der Waals surface area (Å²) in [5, 5.41) is -1.08. The summed E-state index contributed by atoms with van der Waals surface area (Å²) in [5.41, 5.74) is 1.69. The van der Waals surface area contributed by atoms with Crippen molar-refractivity contribution in [2.75, 3.05) is 38.3 Å². The van der Waals surface area contributed by atoms with Crippen molar-refractivity contribution in [2.45, 2.75) is 49.8 Å². The maximum Gasteiger partial charge on any atom is 0.309 e. The van der Waals surface area contributed by atoms with E-state index in [0.29, 0.717) is 32.5 Å². The second-order valence-corrected chi connectivity index (χ2v) is 12.7. The first-order valence-electron chi connectivity index (χ1n) is 10.5. The number of carbonyl (C=O) groups is 1. The minimum Gasteiger partial charge on any atom is -0.495 e. The number of piperidine rings is 1. The Balaban J connectivity index is 1.90. The van der Waals surface area contributed by atoms with Crippen LogP contribution in [0.4, 0.5) is 0 Å². The van der Waals surface area contributed by atoms with Gasteiger partial charge >= 0.3 is 5.97 Å². The van der Waals surface area contributed by atoms with Gasteiger partial charge in [-0.05, 0) is 70.0 Å². The van der Waals surface area contributed by atoms with Gasteiger partial charge in [0, 0.05) is 6.04 Å². The van der Waals surface area contributed by atoms with E-state index < -0.39 is 36.7 Å². The van der Waals surface area contributed by atoms with Crippen LogP contribution in [-0.2, 0) is 29.2 Å². The van der Waals surface area contributed by atoms with Crippen molar-refractivity contribution in [3.8, 4) is 5.75 Å². The molecule has 1 aromatic rings. The van der Waals surface area contributed by atoms with Gasteiger partial charge in [0.25, 0.3) is 0 Å². The molecule has 10 heteroatoms. The Kier molecular flexibility index (Phi) is 7.02. The third-order valence-electron chi connectivity index (χ3n) is 6.38. The van der Waals surface area contributed by atoms with Gasteiger partial charge in [0.15, 0.2) is 19.7 Å². The Morgan fingerprint density at radius 3 is 2.32 bits per heavy atom. The first kappa shape index (κ1) is 24.0. The Morgan fingerprint density at radius 2 is 1.74 bits per heavy atom. The van der Waals surface area contributed by atoms with E-state index in [1.54, 1.807) is 19.1 Å². The molecule has 0 unspecified atom stereocenters. The molecule has 2 fully saturated rings. The number of ether oxygens (including phenoxy) is 2. The zero-order chi connectivity index (χ0) is 23.0. The van der Waals surface area contributed by atoms with Crippen LogP contribution in [0.3, 0.4) is 0 Å². The first-order valence-corrected chi connectivity index (χ1v) is 13.9. The van der Waals surface area contributed by atoms with E-state index in [4.69, 9.17) is 9.47 Å². The summed E-state index contributed by atoms with van der Waals surface area (Å²) in [6.45, 7) is 6.67. The fourth-order valence-electron chi connectivity index (χ4n) is 4.47. The summed E-state index contributed by atoms with van der Waals surface area (Å²) in [5.74, 6) is -0.858. The van der Waals surface area contributed by atoms with Crippen LogP contribution in [0.1, 0.15) is 30.9 Å². The van der Waals surface area contributed by atoms with Gasteiger partial charge in [-0.15, -0.1) is 0 Å². The number of esters is 1. The highest BCUT2D eigenvalue weighted by atomic mass is 32.2. The molecule has 3 rings (SSSR count). The van der Waals surface area contributed by atoms with Crippen LogP contribution in [0.25, 0.3) is 0 Å². The maximum atomic E-state index is 13.6. The van der Waals surface area contributed by atoms with Crippen LogP contribution in [0.2, 0.25) is 0 Å². The third kappa shape index (κ3) is 4.90. The average molecular weight is 474 g/mol. The lowest BCUT2D eigenvalue weighted by molar-refractivity contribution is -0.149. The molecule has 0 aliphatic carbocycles. The number of hydrogen-bond donors (Lipinski definition) is 0. The molecule has 2 aliphatic heterocycles. The third-order valence-corrected chi connectivity index (χ3v) is 10.5. The Hall–Kier alpha value is -1.65. The van der Waals surface area contributed by atoms with Crippen LogP contribution in [0.5, 0.6) is 5.75 Å². The van der Waals surface area contributed by atoms with E-state index in [9.17, 15) is 21.6 Å². The van der Waals surface area contributed by atoms with Crippen molar-refractivity contribution in [3.05, 3.63) is 23.3 Å². The predicted octanol–water partition coefficient (Wildman–Crippen LogP) is 1.53.